The Balaban J connectivity index is 1.61. The molecule has 6 nitrogen and oxygen atoms in total. The van der Waals surface area contributed by atoms with Gasteiger partial charge in [-0.15, -0.1) is 0 Å². The van der Waals surface area contributed by atoms with Gasteiger partial charge in [-0.25, -0.2) is 13.4 Å². The Kier molecular flexibility index (Phi) is 5.52. The average Bonchev–Trinajstić information content (AvgIpc) is 3.36. The summed E-state index contributed by atoms with van der Waals surface area (Å²) < 4.78 is 67.6. The predicted octanol–water partition coefficient (Wildman–Crippen LogP) is 3.71. The molecular weight excluding hydrogens is 429 g/mol. The molecule has 1 fully saturated rings. The zero-order valence-electron chi connectivity index (χ0n) is 16.6. The first kappa shape index (κ1) is 21.4. The number of hydrogen-bond acceptors (Lipinski definition) is 4. The molecule has 2 aromatic carbocycles. The molecule has 10 heteroatoms. The lowest BCUT2D eigenvalue weighted by Crippen LogP contribution is -2.32. The summed E-state index contributed by atoms with van der Waals surface area (Å²) in [6, 6.07) is 13.9. The van der Waals surface area contributed by atoms with E-state index < -0.39 is 21.8 Å². The fraction of sp³-hybridized carbons (Fsp3) is 0.286. The van der Waals surface area contributed by atoms with Gasteiger partial charge in [0.25, 0.3) is 10.0 Å². The van der Waals surface area contributed by atoms with E-state index in [9.17, 15) is 21.6 Å². The summed E-state index contributed by atoms with van der Waals surface area (Å²) in [6.07, 6.45) is -1.54. The van der Waals surface area contributed by atoms with Gasteiger partial charge in [-0.2, -0.15) is 17.5 Å². The molecule has 0 bridgehead atoms. The van der Waals surface area contributed by atoms with Gasteiger partial charge in [0.05, 0.1) is 11.9 Å². The lowest BCUT2D eigenvalue weighted by Gasteiger charge is -2.21. The molecule has 31 heavy (non-hydrogen) atoms. The number of benzene rings is 2. The van der Waals surface area contributed by atoms with Crippen LogP contribution < -0.4 is 5.32 Å². The van der Waals surface area contributed by atoms with E-state index in [1.165, 1.54) is 29.0 Å². The van der Waals surface area contributed by atoms with Gasteiger partial charge in [0, 0.05) is 44.0 Å². The van der Waals surface area contributed by atoms with Crippen LogP contribution in [0.2, 0.25) is 0 Å². The highest BCUT2D eigenvalue weighted by atomic mass is 32.2. The molecule has 3 aromatic rings. The first-order valence-electron chi connectivity index (χ1n) is 9.61. The van der Waals surface area contributed by atoms with Gasteiger partial charge in [0.15, 0.2) is 5.03 Å². The van der Waals surface area contributed by atoms with Crippen molar-refractivity contribution in [1.82, 2.24) is 13.9 Å². The van der Waals surface area contributed by atoms with Gasteiger partial charge in [-0.1, -0.05) is 30.3 Å². The van der Waals surface area contributed by atoms with E-state index in [0.29, 0.717) is 5.69 Å². The van der Waals surface area contributed by atoms with E-state index in [0.717, 1.165) is 17.7 Å². The molecule has 1 N–H and O–H groups in total. The monoisotopic (exact) mass is 450 g/mol. The molecule has 1 aliphatic rings. The van der Waals surface area contributed by atoms with Crippen molar-refractivity contribution in [1.29, 1.82) is 0 Å². The smallest absolute Gasteiger partial charge is 0.380 e. The number of nitrogens with one attached hydrogen (secondary N) is 1. The summed E-state index contributed by atoms with van der Waals surface area (Å²) in [7, 11) is -2.11. The van der Waals surface area contributed by atoms with Crippen LogP contribution in [0.3, 0.4) is 0 Å². The van der Waals surface area contributed by atoms with Gasteiger partial charge in [-0.05, 0) is 29.8 Å². The van der Waals surface area contributed by atoms with Crippen LogP contribution in [0.4, 0.5) is 18.9 Å². The van der Waals surface area contributed by atoms with Crippen molar-refractivity contribution in [2.24, 2.45) is 7.05 Å². The largest absolute Gasteiger partial charge is 0.416 e. The van der Waals surface area contributed by atoms with E-state index in [1.807, 2.05) is 30.3 Å². The second kappa shape index (κ2) is 8.01. The van der Waals surface area contributed by atoms with Crippen LogP contribution in [-0.4, -0.2) is 41.4 Å². The van der Waals surface area contributed by atoms with Crippen LogP contribution in [-0.2, 0) is 23.2 Å². The highest BCUT2D eigenvalue weighted by Gasteiger charge is 2.41. The van der Waals surface area contributed by atoms with E-state index in [2.05, 4.69) is 10.3 Å². The number of anilines is 1. The summed E-state index contributed by atoms with van der Waals surface area (Å²) in [5.74, 6) is -0.179. The number of halogens is 3. The van der Waals surface area contributed by atoms with Crippen LogP contribution in [0.5, 0.6) is 0 Å². The van der Waals surface area contributed by atoms with Gasteiger partial charge in [0.2, 0.25) is 0 Å². The minimum atomic E-state index is -4.41. The number of aryl methyl sites for hydroxylation is 1. The molecule has 2 atom stereocenters. The Morgan fingerprint density at radius 2 is 1.71 bits per heavy atom. The summed E-state index contributed by atoms with van der Waals surface area (Å²) in [4.78, 5) is 3.98. The Labute approximate surface area is 178 Å². The lowest BCUT2D eigenvalue weighted by atomic mass is 9.94. The van der Waals surface area contributed by atoms with Gasteiger partial charge in [-0.3, -0.25) is 0 Å². The second-order valence-electron chi connectivity index (χ2n) is 7.54. The van der Waals surface area contributed by atoms with Crippen LogP contribution >= 0.6 is 0 Å². The van der Waals surface area contributed by atoms with Crippen LogP contribution in [0, 0.1) is 0 Å². The molecule has 4 rings (SSSR count). The summed E-state index contributed by atoms with van der Waals surface area (Å²) in [6.45, 7) is 0.403. The molecule has 1 aromatic heterocycles. The van der Waals surface area contributed by atoms with E-state index in [4.69, 9.17) is 0 Å². The Bertz CT molecular complexity index is 1150. The fourth-order valence-electron chi connectivity index (χ4n) is 3.77. The highest BCUT2D eigenvalue weighted by molar-refractivity contribution is 7.89. The first-order valence-corrected chi connectivity index (χ1v) is 11.1. The normalized spacial score (nSPS) is 20.1. The third kappa shape index (κ3) is 4.45. The molecule has 2 heterocycles. The Morgan fingerprint density at radius 3 is 2.29 bits per heavy atom. The van der Waals surface area contributed by atoms with Crippen LogP contribution in [0.15, 0.2) is 72.1 Å². The molecule has 0 aliphatic carbocycles. The molecular formula is C21H21F3N4O2S. The van der Waals surface area contributed by atoms with Crippen molar-refractivity contribution in [3.05, 3.63) is 78.2 Å². The molecule has 0 unspecified atom stereocenters. The number of rotatable bonds is 5. The Morgan fingerprint density at radius 1 is 1.03 bits per heavy atom. The van der Waals surface area contributed by atoms with Crippen molar-refractivity contribution in [3.8, 4) is 0 Å². The van der Waals surface area contributed by atoms with Crippen molar-refractivity contribution >= 4 is 15.7 Å². The summed E-state index contributed by atoms with van der Waals surface area (Å²) in [5.41, 5.74) is 0.713. The van der Waals surface area contributed by atoms with Gasteiger partial charge in [0.1, 0.15) is 0 Å². The van der Waals surface area contributed by atoms with E-state index in [-0.39, 0.29) is 30.1 Å². The molecule has 0 saturated carbocycles. The quantitative estimate of drug-likeness (QED) is 0.644. The zero-order valence-corrected chi connectivity index (χ0v) is 17.4. The molecule has 0 radical (unpaired) electrons. The minimum Gasteiger partial charge on any atom is -0.380 e. The SMILES string of the molecule is Cn1cnc(S(=O)(=O)N2C[C@H](Nc3ccc(C(F)(F)F)cc3)[C@@H](c3ccccc3)C2)c1. The molecule has 0 amide bonds. The number of imidazole rings is 1. The standard InChI is InChI=1S/C21H21F3N4O2S/c1-27-13-20(25-14-27)31(29,30)28-11-18(15-5-3-2-4-6-15)19(12-28)26-17-9-7-16(8-10-17)21(22,23)24/h2-10,13-14,18-19,26H,11-12H2,1H3/t18-,19+/m1/s1. The van der Waals surface area contributed by atoms with Crippen molar-refractivity contribution in [2.75, 3.05) is 18.4 Å². The predicted molar refractivity (Wildman–Crippen MR) is 110 cm³/mol. The molecule has 164 valence electrons. The maximum atomic E-state index is 13.1. The first-order chi connectivity index (χ1) is 14.6. The highest BCUT2D eigenvalue weighted by Crippen LogP contribution is 2.34. The number of hydrogen-bond donors (Lipinski definition) is 1. The summed E-state index contributed by atoms with van der Waals surface area (Å²) >= 11 is 0. The topological polar surface area (TPSA) is 67.2 Å². The average molecular weight is 450 g/mol. The molecule has 1 saturated heterocycles. The molecule has 0 spiro atoms. The van der Waals surface area contributed by atoms with E-state index >= 15 is 0 Å². The minimum absolute atomic E-state index is 0.0306. The molecule has 1 aliphatic heterocycles. The third-order valence-corrected chi connectivity index (χ3v) is 7.08. The summed E-state index contributed by atoms with van der Waals surface area (Å²) in [5, 5.41) is 3.20. The maximum absolute atomic E-state index is 13.1. The van der Waals surface area contributed by atoms with Gasteiger partial charge >= 0.3 is 6.18 Å². The zero-order chi connectivity index (χ0) is 22.2. The number of nitrogens with zero attached hydrogens (tertiary/aromatic N) is 3. The third-order valence-electron chi connectivity index (χ3n) is 5.36. The van der Waals surface area contributed by atoms with Crippen molar-refractivity contribution in [3.63, 3.8) is 0 Å². The maximum Gasteiger partial charge on any atom is 0.416 e. The van der Waals surface area contributed by atoms with E-state index in [1.54, 1.807) is 11.6 Å². The number of sulfonamides is 1. The van der Waals surface area contributed by atoms with Crippen LogP contribution in [0.1, 0.15) is 17.0 Å². The fourth-order valence-corrected chi connectivity index (χ4v) is 5.23. The lowest BCUT2D eigenvalue weighted by molar-refractivity contribution is -0.137. The second-order valence-corrected chi connectivity index (χ2v) is 9.43. The number of aromatic nitrogens is 2. The Hall–Kier alpha value is -2.85. The van der Waals surface area contributed by atoms with Crippen molar-refractivity contribution in [2.45, 2.75) is 23.2 Å². The number of alkyl halides is 3. The van der Waals surface area contributed by atoms with Crippen LogP contribution in [0.25, 0.3) is 0 Å². The van der Waals surface area contributed by atoms with Gasteiger partial charge < -0.3 is 9.88 Å². The van der Waals surface area contributed by atoms with Crippen molar-refractivity contribution < 1.29 is 21.6 Å².